The molecule has 1 aromatic rings. The molecule has 1 aliphatic carbocycles. The number of carboxylic acid groups (broad SMARTS) is 1. The van der Waals surface area contributed by atoms with Crippen molar-refractivity contribution < 1.29 is 14.7 Å². The van der Waals surface area contributed by atoms with Crippen LogP contribution in [0.25, 0.3) is 0 Å². The number of Topliss-reactive ketones (excluding diaryl/α,β-unsaturated/α-hetero) is 1. The van der Waals surface area contributed by atoms with Crippen LogP contribution in [0.4, 0.5) is 0 Å². The maximum Gasteiger partial charge on any atom is 0.303 e. The molecule has 0 amide bonds. The van der Waals surface area contributed by atoms with Crippen LogP contribution in [0.3, 0.4) is 0 Å². The van der Waals surface area contributed by atoms with Crippen LogP contribution < -0.4 is 0 Å². The number of aromatic nitrogens is 2. The standard InChI is InChI=1S/C9H10N2O3/c12-8-2-5(3-9(13)14)1-7-6(8)4-10-11-7/h4-5H,1-3H2,(H,10,11)(H,13,14). The van der Waals surface area contributed by atoms with Crippen LogP contribution in [-0.2, 0) is 11.2 Å². The molecule has 0 aromatic carbocycles. The topological polar surface area (TPSA) is 83.0 Å². The van der Waals surface area contributed by atoms with E-state index in [4.69, 9.17) is 5.11 Å². The molecular weight excluding hydrogens is 184 g/mol. The lowest BCUT2D eigenvalue weighted by Crippen LogP contribution is -2.21. The number of nitrogens with one attached hydrogen (secondary N) is 1. The van der Waals surface area contributed by atoms with Crippen molar-refractivity contribution in [3.8, 4) is 0 Å². The highest BCUT2D eigenvalue weighted by Gasteiger charge is 2.27. The summed E-state index contributed by atoms with van der Waals surface area (Å²) in [5.74, 6) is -0.954. The molecule has 0 bridgehead atoms. The van der Waals surface area contributed by atoms with Crippen LogP contribution in [0.2, 0.25) is 0 Å². The Morgan fingerprint density at radius 3 is 3.14 bits per heavy atom. The average molecular weight is 194 g/mol. The summed E-state index contributed by atoms with van der Waals surface area (Å²) in [4.78, 5) is 22.0. The van der Waals surface area contributed by atoms with Crippen molar-refractivity contribution >= 4 is 11.8 Å². The molecule has 1 heterocycles. The van der Waals surface area contributed by atoms with Crippen LogP contribution in [-0.4, -0.2) is 27.1 Å². The van der Waals surface area contributed by atoms with Gasteiger partial charge in [0.05, 0.1) is 11.8 Å². The van der Waals surface area contributed by atoms with Gasteiger partial charge in [0.25, 0.3) is 0 Å². The molecule has 0 spiro atoms. The minimum atomic E-state index is -0.856. The first kappa shape index (κ1) is 8.93. The highest BCUT2D eigenvalue weighted by molar-refractivity contribution is 5.98. The lowest BCUT2D eigenvalue weighted by atomic mass is 9.85. The largest absolute Gasteiger partial charge is 0.481 e. The Bertz CT molecular complexity index is 383. The number of ketones is 1. The number of H-pyrrole nitrogens is 1. The summed E-state index contributed by atoms with van der Waals surface area (Å²) in [6.45, 7) is 0. The molecule has 2 N–H and O–H groups in total. The van der Waals surface area contributed by atoms with Crippen molar-refractivity contribution in [3.63, 3.8) is 0 Å². The number of nitrogens with zero attached hydrogens (tertiary/aromatic N) is 1. The fraction of sp³-hybridized carbons (Fsp3) is 0.444. The number of aromatic amines is 1. The number of carbonyl (C=O) groups is 2. The number of rotatable bonds is 2. The number of hydrogen-bond acceptors (Lipinski definition) is 3. The smallest absolute Gasteiger partial charge is 0.303 e. The van der Waals surface area contributed by atoms with Gasteiger partial charge >= 0.3 is 5.97 Å². The van der Waals surface area contributed by atoms with E-state index in [9.17, 15) is 9.59 Å². The number of carbonyl (C=O) groups excluding carboxylic acids is 1. The normalized spacial score (nSPS) is 20.6. The first-order valence-electron chi connectivity index (χ1n) is 4.44. The molecule has 0 saturated heterocycles. The van der Waals surface area contributed by atoms with Gasteiger partial charge in [-0.3, -0.25) is 14.7 Å². The average Bonchev–Trinajstić information content (AvgIpc) is 2.50. The molecule has 1 unspecified atom stereocenters. The molecule has 1 atom stereocenters. The summed E-state index contributed by atoms with van der Waals surface area (Å²) in [7, 11) is 0. The minimum Gasteiger partial charge on any atom is -0.481 e. The van der Waals surface area contributed by atoms with E-state index in [0.29, 0.717) is 18.4 Å². The monoisotopic (exact) mass is 194 g/mol. The molecule has 74 valence electrons. The molecule has 0 aliphatic heterocycles. The highest BCUT2D eigenvalue weighted by atomic mass is 16.4. The second kappa shape index (κ2) is 3.25. The first-order valence-corrected chi connectivity index (χ1v) is 4.44. The maximum atomic E-state index is 11.5. The fourth-order valence-electron chi connectivity index (χ4n) is 1.83. The molecule has 5 heteroatoms. The van der Waals surface area contributed by atoms with Crippen molar-refractivity contribution in [3.05, 3.63) is 17.5 Å². The van der Waals surface area contributed by atoms with E-state index >= 15 is 0 Å². The molecule has 0 saturated carbocycles. The van der Waals surface area contributed by atoms with Crippen molar-refractivity contribution in [2.24, 2.45) is 5.92 Å². The van der Waals surface area contributed by atoms with Crippen molar-refractivity contribution in [2.75, 3.05) is 0 Å². The third-order valence-electron chi connectivity index (χ3n) is 2.45. The summed E-state index contributed by atoms with van der Waals surface area (Å²) in [6.07, 6.45) is 2.48. The summed E-state index contributed by atoms with van der Waals surface area (Å²) in [5.41, 5.74) is 1.39. The third kappa shape index (κ3) is 1.53. The SMILES string of the molecule is O=C(O)CC1CC(=O)c2cn[nH]c2C1. The Morgan fingerprint density at radius 1 is 1.64 bits per heavy atom. The molecule has 1 aliphatic rings. The van der Waals surface area contributed by atoms with Gasteiger partial charge in [0.2, 0.25) is 0 Å². The first-order chi connectivity index (χ1) is 6.66. The van der Waals surface area contributed by atoms with Gasteiger partial charge in [0, 0.05) is 18.5 Å². The second-order valence-corrected chi connectivity index (χ2v) is 3.56. The molecule has 5 nitrogen and oxygen atoms in total. The Kier molecular flexibility index (Phi) is 2.07. The highest BCUT2D eigenvalue weighted by Crippen LogP contribution is 2.25. The zero-order chi connectivity index (χ0) is 10.1. The van der Waals surface area contributed by atoms with E-state index in [0.717, 1.165) is 5.69 Å². The van der Waals surface area contributed by atoms with Crippen LogP contribution in [0.15, 0.2) is 6.20 Å². The van der Waals surface area contributed by atoms with Crippen LogP contribution in [0, 0.1) is 5.92 Å². The lowest BCUT2D eigenvalue weighted by Gasteiger charge is -2.18. The van der Waals surface area contributed by atoms with Gasteiger partial charge in [-0.05, 0) is 12.3 Å². The van der Waals surface area contributed by atoms with Gasteiger partial charge in [-0.1, -0.05) is 0 Å². The van der Waals surface area contributed by atoms with Crippen LogP contribution >= 0.6 is 0 Å². The Hall–Kier alpha value is -1.65. The number of fused-ring (bicyclic) bond motifs is 1. The van der Waals surface area contributed by atoms with Gasteiger partial charge in [0.1, 0.15) is 0 Å². The zero-order valence-electron chi connectivity index (χ0n) is 7.49. The van der Waals surface area contributed by atoms with E-state index in [-0.39, 0.29) is 18.1 Å². The number of carboxylic acids is 1. The van der Waals surface area contributed by atoms with Crippen molar-refractivity contribution in [1.82, 2.24) is 10.2 Å². The molecule has 0 radical (unpaired) electrons. The summed E-state index contributed by atoms with van der Waals surface area (Å²) in [5, 5.41) is 15.1. The van der Waals surface area contributed by atoms with Gasteiger partial charge in [-0.25, -0.2) is 0 Å². The number of hydrogen-bond donors (Lipinski definition) is 2. The Labute approximate surface area is 80.1 Å². The van der Waals surface area contributed by atoms with E-state index < -0.39 is 5.97 Å². The van der Waals surface area contributed by atoms with Crippen LogP contribution in [0.5, 0.6) is 0 Å². The lowest BCUT2D eigenvalue weighted by molar-refractivity contribution is -0.138. The maximum absolute atomic E-state index is 11.5. The summed E-state index contributed by atoms with van der Waals surface area (Å²) < 4.78 is 0. The van der Waals surface area contributed by atoms with Crippen LogP contribution in [0.1, 0.15) is 28.9 Å². The minimum absolute atomic E-state index is 0.00810. The van der Waals surface area contributed by atoms with Gasteiger partial charge in [0.15, 0.2) is 5.78 Å². The molecule has 0 fully saturated rings. The third-order valence-corrected chi connectivity index (χ3v) is 2.45. The predicted octanol–water partition coefficient (Wildman–Crippen LogP) is 0.629. The zero-order valence-corrected chi connectivity index (χ0v) is 7.49. The van der Waals surface area contributed by atoms with E-state index in [2.05, 4.69) is 10.2 Å². The fourth-order valence-corrected chi connectivity index (χ4v) is 1.83. The Balaban J connectivity index is 2.17. The summed E-state index contributed by atoms with van der Waals surface area (Å²) in [6, 6.07) is 0. The van der Waals surface area contributed by atoms with Gasteiger partial charge in [-0.2, -0.15) is 5.10 Å². The molecular formula is C9H10N2O3. The number of aliphatic carboxylic acids is 1. The molecule has 2 rings (SSSR count). The second-order valence-electron chi connectivity index (χ2n) is 3.56. The van der Waals surface area contributed by atoms with Crippen molar-refractivity contribution in [2.45, 2.75) is 19.3 Å². The quantitative estimate of drug-likeness (QED) is 0.723. The summed E-state index contributed by atoms with van der Waals surface area (Å²) >= 11 is 0. The Morgan fingerprint density at radius 2 is 2.43 bits per heavy atom. The van der Waals surface area contributed by atoms with Gasteiger partial charge < -0.3 is 5.11 Å². The molecule has 1 aromatic heterocycles. The predicted molar refractivity (Wildman–Crippen MR) is 47.0 cm³/mol. The van der Waals surface area contributed by atoms with E-state index in [1.807, 2.05) is 0 Å². The van der Waals surface area contributed by atoms with E-state index in [1.165, 1.54) is 6.20 Å². The van der Waals surface area contributed by atoms with Gasteiger partial charge in [-0.15, -0.1) is 0 Å². The molecule has 14 heavy (non-hydrogen) atoms. The van der Waals surface area contributed by atoms with Crippen molar-refractivity contribution in [1.29, 1.82) is 0 Å². The van der Waals surface area contributed by atoms with E-state index in [1.54, 1.807) is 0 Å².